The van der Waals surface area contributed by atoms with Gasteiger partial charge in [-0.05, 0) is 38.0 Å². The van der Waals surface area contributed by atoms with Crippen molar-refractivity contribution in [1.82, 2.24) is 19.9 Å². The zero-order valence-corrected chi connectivity index (χ0v) is 19.6. The summed E-state index contributed by atoms with van der Waals surface area (Å²) in [6, 6.07) is 3.73. The third-order valence-corrected chi connectivity index (χ3v) is 5.30. The summed E-state index contributed by atoms with van der Waals surface area (Å²) in [5.74, 6) is 1.50. The van der Waals surface area contributed by atoms with E-state index in [0.717, 1.165) is 35.5 Å². The number of fused-ring (bicyclic) bond motifs is 1. The molecule has 0 unspecified atom stereocenters. The van der Waals surface area contributed by atoms with Gasteiger partial charge in [0.25, 0.3) is 11.8 Å². The second-order valence-electron chi connectivity index (χ2n) is 7.57. The van der Waals surface area contributed by atoms with Gasteiger partial charge in [0.1, 0.15) is 5.84 Å². The molecule has 2 aromatic rings. The molecule has 32 heavy (non-hydrogen) atoms. The fourth-order valence-electron chi connectivity index (χ4n) is 3.71. The standard InChI is InChI=1S/C23H31N5O4/c1-7-8-27(9-10-30-4)26-16(3)28-14-19-21(23(28)29)15(2)11-18(25-19)17-12-20(31-5)22(32-6)24-13-17/h11-13H,7-10,14H2,1-6H3/b26-16+. The molecule has 1 aliphatic rings. The lowest BCUT2D eigenvalue weighted by atomic mass is 10.1. The predicted octanol–water partition coefficient (Wildman–Crippen LogP) is 3.12. The molecule has 0 spiro atoms. The molecule has 3 heterocycles. The summed E-state index contributed by atoms with van der Waals surface area (Å²) >= 11 is 0. The van der Waals surface area contributed by atoms with Crippen molar-refractivity contribution in [3.8, 4) is 22.9 Å². The molecule has 172 valence electrons. The molecule has 9 heteroatoms. The third kappa shape index (κ3) is 4.83. The minimum atomic E-state index is -0.0774. The average molecular weight is 442 g/mol. The van der Waals surface area contributed by atoms with Gasteiger partial charge in [-0.1, -0.05) is 6.92 Å². The highest BCUT2D eigenvalue weighted by Gasteiger charge is 2.33. The van der Waals surface area contributed by atoms with Gasteiger partial charge in [-0.3, -0.25) is 19.7 Å². The van der Waals surface area contributed by atoms with Crippen molar-refractivity contribution in [1.29, 1.82) is 0 Å². The van der Waals surface area contributed by atoms with Crippen LogP contribution in [0.5, 0.6) is 11.6 Å². The van der Waals surface area contributed by atoms with Crippen LogP contribution in [0.2, 0.25) is 0 Å². The van der Waals surface area contributed by atoms with Crippen molar-refractivity contribution < 1.29 is 19.0 Å². The van der Waals surface area contributed by atoms with Crippen LogP contribution in [0.1, 0.15) is 41.9 Å². The topological polar surface area (TPSA) is 89.4 Å². The van der Waals surface area contributed by atoms with E-state index in [1.165, 1.54) is 0 Å². The first-order chi connectivity index (χ1) is 15.4. The smallest absolute Gasteiger partial charge is 0.261 e. The Balaban J connectivity index is 1.90. The van der Waals surface area contributed by atoms with Crippen LogP contribution in [0.4, 0.5) is 0 Å². The van der Waals surface area contributed by atoms with Crippen LogP contribution < -0.4 is 9.47 Å². The number of amides is 1. The molecule has 2 aromatic heterocycles. The molecule has 1 amide bonds. The summed E-state index contributed by atoms with van der Waals surface area (Å²) in [5, 5.41) is 6.62. The Morgan fingerprint density at radius 3 is 2.66 bits per heavy atom. The number of ether oxygens (including phenoxy) is 3. The van der Waals surface area contributed by atoms with Gasteiger partial charge >= 0.3 is 0 Å². The first-order valence-electron chi connectivity index (χ1n) is 10.6. The molecule has 0 saturated heterocycles. The quantitative estimate of drug-likeness (QED) is 0.336. The van der Waals surface area contributed by atoms with Crippen molar-refractivity contribution in [2.24, 2.45) is 5.10 Å². The van der Waals surface area contributed by atoms with Crippen LogP contribution in [0.15, 0.2) is 23.4 Å². The summed E-state index contributed by atoms with van der Waals surface area (Å²) in [5.41, 5.74) is 3.75. The maximum absolute atomic E-state index is 13.2. The van der Waals surface area contributed by atoms with E-state index in [2.05, 4.69) is 17.0 Å². The monoisotopic (exact) mass is 441 g/mol. The van der Waals surface area contributed by atoms with Gasteiger partial charge in [-0.15, -0.1) is 0 Å². The van der Waals surface area contributed by atoms with Crippen LogP contribution >= 0.6 is 0 Å². The van der Waals surface area contributed by atoms with Crippen LogP contribution in [0, 0.1) is 6.92 Å². The van der Waals surface area contributed by atoms with Crippen LogP contribution in [-0.4, -0.2) is 72.6 Å². The molecule has 0 N–H and O–H groups in total. The van der Waals surface area contributed by atoms with E-state index in [9.17, 15) is 4.79 Å². The number of pyridine rings is 2. The van der Waals surface area contributed by atoms with E-state index in [4.69, 9.17) is 19.2 Å². The summed E-state index contributed by atoms with van der Waals surface area (Å²) in [7, 11) is 4.78. The Hall–Kier alpha value is -3.20. The van der Waals surface area contributed by atoms with Gasteiger partial charge in [0.15, 0.2) is 5.75 Å². The zero-order chi connectivity index (χ0) is 23.3. The average Bonchev–Trinajstić information content (AvgIpc) is 3.13. The SMILES string of the molecule is CCCN(CCOC)/N=C(\C)N1Cc2nc(-c3cnc(OC)c(OC)c3)cc(C)c2C1=O. The van der Waals surface area contributed by atoms with Gasteiger partial charge < -0.3 is 14.2 Å². The zero-order valence-electron chi connectivity index (χ0n) is 19.6. The molecule has 9 nitrogen and oxygen atoms in total. The Kier molecular flexibility index (Phi) is 7.63. The highest BCUT2D eigenvalue weighted by atomic mass is 16.5. The first kappa shape index (κ1) is 23.5. The van der Waals surface area contributed by atoms with Gasteiger partial charge in [0, 0.05) is 25.4 Å². The van der Waals surface area contributed by atoms with Crippen molar-refractivity contribution in [2.75, 3.05) is 41.0 Å². The number of carbonyl (C=O) groups excluding carboxylic acids is 1. The Morgan fingerprint density at radius 2 is 2.00 bits per heavy atom. The highest BCUT2D eigenvalue weighted by molar-refractivity contribution is 6.09. The van der Waals surface area contributed by atoms with Crippen molar-refractivity contribution in [3.05, 3.63) is 35.2 Å². The molecule has 3 rings (SSSR count). The third-order valence-electron chi connectivity index (χ3n) is 5.30. The molecule has 0 aromatic carbocycles. The van der Waals surface area contributed by atoms with Crippen molar-refractivity contribution in [2.45, 2.75) is 33.7 Å². The molecule has 0 radical (unpaired) electrons. The largest absolute Gasteiger partial charge is 0.491 e. The fourth-order valence-corrected chi connectivity index (χ4v) is 3.71. The molecular formula is C23H31N5O4. The summed E-state index contributed by atoms with van der Waals surface area (Å²) in [4.78, 5) is 23.9. The summed E-state index contributed by atoms with van der Waals surface area (Å²) < 4.78 is 15.8. The van der Waals surface area contributed by atoms with Crippen molar-refractivity contribution >= 4 is 11.7 Å². The molecule has 0 aliphatic carbocycles. The van der Waals surface area contributed by atoms with Crippen LogP contribution in [0.25, 0.3) is 11.3 Å². The maximum atomic E-state index is 13.2. The Labute approximate surface area is 189 Å². The summed E-state index contributed by atoms with van der Waals surface area (Å²) in [6.45, 7) is 8.30. The molecule has 0 atom stereocenters. The van der Waals surface area contributed by atoms with E-state index < -0.39 is 0 Å². The van der Waals surface area contributed by atoms with Gasteiger partial charge in [0.2, 0.25) is 0 Å². The number of carbonyl (C=O) groups is 1. The van der Waals surface area contributed by atoms with Crippen molar-refractivity contribution in [3.63, 3.8) is 0 Å². The number of nitrogens with zero attached hydrogens (tertiary/aromatic N) is 5. The lowest BCUT2D eigenvalue weighted by molar-refractivity contribution is 0.0860. The number of aryl methyl sites for hydroxylation is 1. The Morgan fingerprint density at radius 1 is 1.22 bits per heavy atom. The number of hydrazone groups is 1. The Bertz CT molecular complexity index is 1010. The minimum absolute atomic E-state index is 0.0774. The number of rotatable bonds is 9. The number of amidine groups is 1. The van der Waals surface area contributed by atoms with E-state index in [0.29, 0.717) is 42.7 Å². The lowest BCUT2D eigenvalue weighted by Gasteiger charge is -2.22. The van der Waals surface area contributed by atoms with Gasteiger partial charge in [-0.2, -0.15) is 5.10 Å². The van der Waals surface area contributed by atoms with Crippen LogP contribution in [0.3, 0.4) is 0 Å². The second kappa shape index (κ2) is 10.4. The molecule has 0 saturated carbocycles. The fraction of sp³-hybridized carbons (Fsp3) is 0.478. The number of hydrogen-bond acceptors (Lipinski definition) is 8. The van der Waals surface area contributed by atoms with Gasteiger partial charge in [-0.25, -0.2) is 4.98 Å². The summed E-state index contributed by atoms with van der Waals surface area (Å²) in [6.07, 6.45) is 2.65. The predicted molar refractivity (Wildman–Crippen MR) is 122 cm³/mol. The van der Waals surface area contributed by atoms with Crippen LogP contribution in [-0.2, 0) is 11.3 Å². The minimum Gasteiger partial charge on any atom is -0.491 e. The maximum Gasteiger partial charge on any atom is 0.261 e. The van der Waals surface area contributed by atoms with Gasteiger partial charge in [0.05, 0.1) is 50.9 Å². The number of methoxy groups -OCH3 is 3. The number of hydrogen-bond donors (Lipinski definition) is 0. The van der Waals surface area contributed by atoms with E-state index in [-0.39, 0.29) is 5.91 Å². The molecule has 0 fully saturated rings. The molecule has 0 bridgehead atoms. The number of aromatic nitrogens is 2. The van der Waals surface area contributed by atoms with E-state index >= 15 is 0 Å². The first-order valence-corrected chi connectivity index (χ1v) is 10.6. The van der Waals surface area contributed by atoms with E-state index in [1.807, 2.05) is 31.0 Å². The van der Waals surface area contributed by atoms with E-state index in [1.54, 1.807) is 32.4 Å². The second-order valence-corrected chi connectivity index (χ2v) is 7.57. The molecule has 1 aliphatic heterocycles. The normalized spacial score (nSPS) is 13.4. The molecular weight excluding hydrogens is 410 g/mol. The highest BCUT2D eigenvalue weighted by Crippen LogP contribution is 2.32. The lowest BCUT2D eigenvalue weighted by Crippen LogP contribution is -2.33.